The van der Waals surface area contributed by atoms with Crippen LogP contribution in [0, 0.1) is 0 Å². The van der Waals surface area contributed by atoms with E-state index in [9.17, 15) is 9.59 Å². The molecule has 0 radical (unpaired) electrons. The summed E-state index contributed by atoms with van der Waals surface area (Å²) < 4.78 is 5.44. The van der Waals surface area contributed by atoms with Crippen molar-refractivity contribution >= 4 is 11.8 Å². The van der Waals surface area contributed by atoms with Crippen molar-refractivity contribution in [2.45, 2.75) is 25.4 Å². The maximum Gasteiger partial charge on any atom is 0.251 e. The van der Waals surface area contributed by atoms with Crippen LogP contribution in [-0.4, -0.2) is 65.5 Å². The second-order valence-corrected chi connectivity index (χ2v) is 5.58. The summed E-state index contributed by atoms with van der Waals surface area (Å²) in [6.07, 6.45) is 3.75. The van der Waals surface area contributed by atoms with Crippen molar-refractivity contribution < 1.29 is 14.3 Å². The van der Waals surface area contributed by atoms with E-state index in [-0.39, 0.29) is 17.9 Å². The number of nitrogens with zero attached hydrogens (tertiary/aromatic N) is 2. The maximum absolute atomic E-state index is 12.2. The second kappa shape index (κ2) is 6.30. The predicted molar refractivity (Wildman–Crippen MR) is 76.6 cm³/mol. The Balaban J connectivity index is 1.48. The first-order valence-electron chi connectivity index (χ1n) is 7.54. The van der Waals surface area contributed by atoms with Gasteiger partial charge in [0.25, 0.3) is 5.91 Å². The van der Waals surface area contributed by atoms with E-state index in [1.54, 1.807) is 0 Å². The molecule has 2 fully saturated rings. The summed E-state index contributed by atoms with van der Waals surface area (Å²) in [5.74, 6) is 0.200. The molecule has 114 valence electrons. The molecule has 6 nitrogen and oxygen atoms in total. The number of nitrogens with one attached hydrogen (secondary N) is 1. The number of ether oxygens (including phenoxy) is 1. The molecular weight excluding hydrogens is 270 g/mol. The van der Waals surface area contributed by atoms with Gasteiger partial charge in [-0.15, -0.1) is 0 Å². The summed E-state index contributed by atoms with van der Waals surface area (Å²) in [5, 5.41) is 0. The molecule has 0 saturated carbocycles. The number of amides is 2. The Bertz CT molecular complexity index is 486. The third kappa shape index (κ3) is 3.26. The largest absolute Gasteiger partial charge is 0.368 e. The molecule has 2 aliphatic rings. The fourth-order valence-corrected chi connectivity index (χ4v) is 2.90. The normalized spacial score (nSPS) is 22.6. The van der Waals surface area contributed by atoms with Crippen LogP contribution in [0.5, 0.6) is 0 Å². The topological polar surface area (TPSA) is 65.6 Å². The zero-order chi connectivity index (χ0) is 14.7. The third-order valence-electron chi connectivity index (χ3n) is 4.15. The molecule has 1 aromatic heterocycles. The highest BCUT2D eigenvalue weighted by Gasteiger charge is 2.31. The zero-order valence-corrected chi connectivity index (χ0v) is 12.1. The first kappa shape index (κ1) is 14.1. The average Bonchev–Trinajstić information content (AvgIpc) is 3.20. The van der Waals surface area contributed by atoms with Crippen molar-refractivity contribution in [2.24, 2.45) is 0 Å². The van der Waals surface area contributed by atoms with Gasteiger partial charge in [-0.3, -0.25) is 9.59 Å². The zero-order valence-electron chi connectivity index (χ0n) is 12.1. The Labute approximate surface area is 124 Å². The van der Waals surface area contributed by atoms with Gasteiger partial charge in [-0.25, -0.2) is 0 Å². The van der Waals surface area contributed by atoms with E-state index in [1.807, 2.05) is 28.1 Å². The van der Waals surface area contributed by atoms with E-state index in [4.69, 9.17) is 4.74 Å². The first-order chi connectivity index (χ1) is 10.2. The van der Waals surface area contributed by atoms with Gasteiger partial charge in [0.15, 0.2) is 0 Å². The Morgan fingerprint density at radius 1 is 1.24 bits per heavy atom. The van der Waals surface area contributed by atoms with Gasteiger partial charge in [0, 0.05) is 44.7 Å². The molecule has 2 aliphatic heterocycles. The number of carbonyl (C=O) groups is 2. The van der Waals surface area contributed by atoms with Crippen LogP contribution in [0.3, 0.4) is 0 Å². The monoisotopic (exact) mass is 291 g/mol. The number of carbonyl (C=O) groups excluding carboxylic acids is 2. The lowest BCUT2D eigenvalue weighted by molar-refractivity contribution is -0.145. The highest BCUT2D eigenvalue weighted by molar-refractivity contribution is 5.82. The fourth-order valence-electron chi connectivity index (χ4n) is 2.90. The Morgan fingerprint density at radius 2 is 2.00 bits per heavy atom. The fraction of sp³-hybridized carbons (Fsp3) is 0.600. The van der Waals surface area contributed by atoms with Crippen LogP contribution in [0.2, 0.25) is 0 Å². The SMILES string of the molecule is O=C(Cc1ccc[nH]1)N1CCN(C(=O)C2CCCO2)CC1. The summed E-state index contributed by atoms with van der Waals surface area (Å²) in [6, 6.07) is 3.80. The maximum atomic E-state index is 12.2. The minimum absolute atomic E-state index is 0.0870. The van der Waals surface area contributed by atoms with Crippen LogP contribution >= 0.6 is 0 Å². The summed E-state index contributed by atoms with van der Waals surface area (Å²) in [6.45, 7) is 3.12. The molecule has 1 N–H and O–H groups in total. The van der Waals surface area contributed by atoms with Gasteiger partial charge in [-0.2, -0.15) is 0 Å². The van der Waals surface area contributed by atoms with Crippen LogP contribution in [-0.2, 0) is 20.7 Å². The van der Waals surface area contributed by atoms with Gasteiger partial charge in [0.1, 0.15) is 6.10 Å². The van der Waals surface area contributed by atoms with Crippen LogP contribution in [0.4, 0.5) is 0 Å². The van der Waals surface area contributed by atoms with E-state index in [0.717, 1.165) is 18.5 Å². The summed E-state index contributed by atoms with van der Waals surface area (Å²) in [5.41, 5.74) is 0.929. The van der Waals surface area contributed by atoms with Gasteiger partial charge in [-0.05, 0) is 25.0 Å². The smallest absolute Gasteiger partial charge is 0.251 e. The van der Waals surface area contributed by atoms with Crippen molar-refractivity contribution in [2.75, 3.05) is 32.8 Å². The molecule has 3 rings (SSSR count). The molecule has 0 aromatic carbocycles. The molecular formula is C15H21N3O3. The van der Waals surface area contributed by atoms with Gasteiger partial charge in [0.2, 0.25) is 5.91 Å². The number of hydrogen-bond donors (Lipinski definition) is 1. The molecule has 0 aliphatic carbocycles. The van der Waals surface area contributed by atoms with E-state index >= 15 is 0 Å². The van der Waals surface area contributed by atoms with Gasteiger partial charge >= 0.3 is 0 Å². The van der Waals surface area contributed by atoms with Crippen molar-refractivity contribution in [3.63, 3.8) is 0 Å². The Kier molecular flexibility index (Phi) is 4.24. The molecule has 1 aromatic rings. The molecule has 0 bridgehead atoms. The standard InChI is InChI=1S/C15H21N3O3/c19-14(11-12-3-1-5-16-12)17-6-8-18(9-7-17)15(20)13-4-2-10-21-13/h1,3,5,13,16H,2,4,6-11H2. The number of H-pyrrole nitrogens is 1. The lowest BCUT2D eigenvalue weighted by atomic mass is 10.2. The van der Waals surface area contributed by atoms with Crippen molar-refractivity contribution in [3.05, 3.63) is 24.0 Å². The number of hydrogen-bond acceptors (Lipinski definition) is 3. The molecule has 1 atom stereocenters. The average molecular weight is 291 g/mol. The van der Waals surface area contributed by atoms with Gasteiger partial charge in [-0.1, -0.05) is 0 Å². The van der Waals surface area contributed by atoms with E-state index in [1.165, 1.54) is 0 Å². The summed E-state index contributed by atoms with van der Waals surface area (Å²) in [4.78, 5) is 31.1. The van der Waals surface area contributed by atoms with Gasteiger partial charge in [0.05, 0.1) is 6.42 Å². The van der Waals surface area contributed by atoms with E-state index < -0.39 is 0 Å². The minimum Gasteiger partial charge on any atom is -0.368 e. The Hall–Kier alpha value is -1.82. The lowest BCUT2D eigenvalue weighted by Crippen LogP contribution is -2.53. The molecule has 21 heavy (non-hydrogen) atoms. The number of piperazine rings is 1. The predicted octanol–water partition coefficient (Wildman–Crippen LogP) is 0.407. The van der Waals surface area contributed by atoms with Crippen molar-refractivity contribution in [1.82, 2.24) is 14.8 Å². The number of aromatic nitrogens is 1. The second-order valence-electron chi connectivity index (χ2n) is 5.58. The summed E-state index contributed by atoms with van der Waals surface area (Å²) in [7, 11) is 0. The molecule has 2 saturated heterocycles. The molecule has 2 amide bonds. The third-order valence-corrected chi connectivity index (χ3v) is 4.15. The van der Waals surface area contributed by atoms with E-state index in [2.05, 4.69) is 4.98 Å². The van der Waals surface area contributed by atoms with Crippen LogP contribution in [0.1, 0.15) is 18.5 Å². The molecule has 1 unspecified atom stereocenters. The van der Waals surface area contributed by atoms with Crippen LogP contribution in [0.15, 0.2) is 18.3 Å². The highest BCUT2D eigenvalue weighted by atomic mass is 16.5. The first-order valence-corrected chi connectivity index (χ1v) is 7.54. The van der Waals surface area contributed by atoms with Crippen molar-refractivity contribution in [1.29, 1.82) is 0 Å². The number of aromatic amines is 1. The van der Waals surface area contributed by atoms with E-state index in [0.29, 0.717) is 39.2 Å². The molecule has 6 heteroatoms. The van der Waals surface area contributed by atoms with Crippen molar-refractivity contribution in [3.8, 4) is 0 Å². The number of rotatable bonds is 3. The summed E-state index contributed by atoms with van der Waals surface area (Å²) >= 11 is 0. The minimum atomic E-state index is -0.258. The van der Waals surface area contributed by atoms with Crippen LogP contribution < -0.4 is 0 Å². The van der Waals surface area contributed by atoms with Crippen LogP contribution in [0.25, 0.3) is 0 Å². The highest BCUT2D eigenvalue weighted by Crippen LogP contribution is 2.16. The Morgan fingerprint density at radius 3 is 2.62 bits per heavy atom. The van der Waals surface area contributed by atoms with Gasteiger partial charge < -0.3 is 19.5 Å². The quantitative estimate of drug-likeness (QED) is 0.877. The molecule has 0 spiro atoms. The molecule has 3 heterocycles. The lowest BCUT2D eigenvalue weighted by Gasteiger charge is -2.35.